The summed E-state index contributed by atoms with van der Waals surface area (Å²) in [4.78, 5) is 48.0. The molecule has 2 N–H and O–H groups in total. The van der Waals surface area contributed by atoms with E-state index in [0.717, 1.165) is 18.8 Å². The van der Waals surface area contributed by atoms with Crippen molar-refractivity contribution in [1.82, 2.24) is 25.1 Å². The van der Waals surface area contributed by atoms with Crippen LogP contribution in [0, 0.1) is 0 Å². The number of hydrogen-bond donors (Lipinski definition) is 2. The third-order valence-corrected chi connectivity index (χ3v) is 5.54. The number of amides is 2. The summed E-state index contributed by atoms with van der Waals surface area (Å²) < 4.78 is 5.13. The first kappa shape index (κ1) is 21.5. The first-order valence-corrected chi connectivity index (χ1v) is 10.5. The molecule has 0 saturated carbocycles. The van der Waals surface area contributed by atoms with Crippen LogP contribution in [0.5, 0.6) is 5.75 Å². The molecule has 0 bridgehead atoms. The van der Waals surface area contributed by atoms with Gasteiger partial charge in [-0.25, -0.2) is 4.98 Å². The summed E-state index contributed by atoms with van der Waals surface area (Å²) in [6.45, 7) is 3.76. The van der Waals surface area contributed by atoms with Gasteiger partial charge >= 0.3 is 0 Å². The smallest absolute Gasteiger partial charge is 0.287 e. The third-order valence-electron chi connectivity index (χ3n) is 5.54. The maximum atomic E-state index is 12.7. The number of nitrogens with zero attached hydrogens (tertiary/aromatic N) is 3. The van der Waals surface area contributed by atoms with Gasteiger partial charge in [-0.05, 0) is 36.4 Å². The van der Waals surface area contributed by atoms with E-state index in [1.54, 1.807) is 55.6 Å². The molecule has 9 nitrogen and oxygen atoms in total. The number of ether oxygens (including phenoxy) is 1. The Balaban J connectivity index is 1.25. The topological polar surface area (TPSA) is 108 Å². The van der Waals surface area contributed by atoms with E-state index >= 15 is 0 Å². The van der Waals surface area contributed by atoms with Crippen molar-refractivity contribution in [3.63, 3.8) is 0 Å². The molecule has 0 radical (unpaired) electrons. The lowest BCUT2D eigenvalue weighted by Gasteiger charge is -2.34. The Kier molecular flexibility index (Phi) is 6.46. The largest absolute Gasteiger partial charge is 0.497 e. The first-order chi connectivity index (χ1) is 15.5. The molecule has 1 aliphatic heterocycles. The fourth-order valence-corrected chi connectivity index (χ4v) is 3.70. The number of methoxy groups -OCH3 is 1. The van der Waals surface area contributed by atoms with E-state index in [1.807, 2.05) is 4.90 Å². The van der Waals surface area contributed by atoms with Crippen LogP contribution >= 0.6 is 0 Å². The Morgan fingerprint density at radius 2 is 1.78 bits per heavy atom. The molecule has 2 amide bonds. The number of carbonyl (C=O) groups excluding carboxylic acids is 2. The zero-order valence-corrected chi connectivity index (χ0v) is 17.8. The molecule has 0 unspecified atom stereocenters. The van der Waals surface area contributed by atoms with Crippen molar-refractivity contribution in [2.45, 2.75) is 0 Å². The molecule has 3 aromatic rings. The zero-order valence-electron chi connectivity index (χ0n) is 17.8. The highest BCUT2D eigenvalue weighted by molar-refractivity contribution is 5.94. The molecule has 1 saturated heterocycles. The van der Waals surface area contributed by atoms with E-state index in [2.05, 4.69) is 20.2 Å². The number of H-pyrrole nitrogens is 1. The van der Waals surface area contributed by atoms with E-state index < -0.39 is 5.91 Å². The molecule has 0 spiro atoms. The van der Waals surface area contributed by atoms with Gasteiger partial charge in [0.25, 0.3) is 17.4 Å². The minimum absolute atomic E-state index is 0.00334. The van der Waals surface area contributed by atoms with Crippen molar-refractivity contribution in [2.75, 3.05) is 46.4 Å². The van der Waals surface area contributed by atoms with Crippen LogP contribution in [0.3, 0.4) is 0 Å². The molecule has 4 rings (SSSR count). The Hall–Kier alpha value is -3.72. The molecular formula is C23H25N5O4. The number of nitrogens with one attached hydrogen (secondary N) is 2. The van der Waals surface area contributed by atoms with Gasteiger partial charge in [0.2, 0.25) is 0 Å². The van der Waals surface area contributed by atoms with E-state index in [0.29, 0.717) is 42.6 Å². The molecule has 1 aliphatic rings. The van der Waals surface area contributed by atoms with Gasteiger partial charge in [0, 0.05) is 44.8 Å². The molecule has 2 aromatic carbocycles. The number of aromatic amines is 1. The molecule has 0 atom stereocenters. The van der Waals surface area contributed by atoms with Crippen molar-refractivity contribution in [2.24, 2.45) is 0 Å². The number of aromatic nitrogens is 2. The lowest BCUT2D eigenvalue weighted by Crippen LogP contribution is -2.50. The van der Waals surface area contributed by atoms with Gasteiger partial charge in [0.15, 0.2) is 5.82 Å². The van der Waals surface area contributed by atoms with Gasteiger partial charge in [-0.15, -0.1) is 0 Å². The van der Waals surface area contributed by atoms with Crippen LogP contribution in [0.25, 0.3) is 10.9 Å². The fraction of sp³-hybridized carbons (Fsp3) is 0.304. The van der Waals surface area contributed by atoms with Crippen molar-refractivity contribution in [3.05, 3.63) is 70.3 Å². The summed E-state index contributed by atoms with van der Waals surface area (Å²) in [7, 11) is 1.59. The monoisotopic (exact) mass is 435 g/mol. The molecule has 2 heterocycles. The number of carbonyl (C=O) groups is 2. The molecule has 1 fully saturated rings. The predicted molar refractivity (Wildman–Crippen MR) is 120 cm³/mol. The number of rotatable bonds is 6. The van der Waals surface area contributed by atoms with Crippen molar-refractivity contribution in [3.8, 4) is 5.75 Å². The second-order valence-corrected chi connectivity index (χ2v) is 7.55. The minimum atomic E-state index is -0.416. The van der Waals surface area contributed by atoms with Crippen molar-refractivity contribution < 1.29 is 14.3 Å². The summed E-state index contributed by atoms with van der Waals surface area (Å²) >= 11 is 0. The zero-order chi connectivity index (χ0) is 22.5. The number of piperazine rings is 1. The Morgan fingerprint density at radius 3 is 2.50 bits per heavy atom. The average Bonchev–Trinajstić information content (AvgIpc) is 2.84. The highest BCUT2D eigenvalue weighted by Gasteiger charge is 2.22. The standard InChI is InChI=1S/C23H25N5O4/c1-32-17-8-6-16(7-9-17)23(31)28-14-12-27(13-15-28)11-10-24-22(30)20-25-19-5-3-2-4-18(19)21(29)26-20/h2-9H,10-15H2,1H3,(H,24,30)(H,25,26,29). The second kappa shape index (κ2) is 9.61. The fourth-order valence-electron chi connectivity index (χ4n) is 3.70. The van der Waals surface area contributed by atoms with Crippen LogP contribution < -0.4 is 15.6 Å². The van der Waals surface area contributed by atoms with E-state index in [-0.39, 0.29) is 17.3 Å². The Labute approximate surface area is 185 Å². The van der Waals surface area contributed by atoms with Crippen LogP contribution in [0.15, 0.2) is 53.3 Å². The van der Waals surface area contributed by atoms with Crippen molar-refractivity contribution in [1.29, 1.82) is 0 Å². The maximum Gasteiger partial charge on any atom is 0.287 e. The summed E-state index contributed by atoms with van der Waals surface area (Å²) in [5, 5.41) is 3.25. The second-order valence-electron chi connectivity index (χ2n) is 7.55. The summed E-state index contributed by atoms with van der Waals surface area (Å²) in [6, 6.07) is 14.0. The highest BCUT2D eigenvalue weighted by Crippen LogP contribution is 2.14. The van der Waals surface area contributed by atoms with Crippen LogP contribution in [0.4, 0.5) is 0 Å². The van der Waals surface area contributed by atoms with E-state index in [9.17, 15) is 14.4 Å². The van der Waals surface area contributed by atoms with Gasteiger partial charge in [-0.2, -0.15) is 0 Å². The molecule has 32 heavy (non-hydrogen) atoms. The number of para-hydroxylation sites is 1. The molecule has 9 heteroatoms. The number of fused-ring (bicyclic) bond motifs is 1. The van der Waals surface area contributed by atoms with Gasteiger partial charge in [0.05, 0.1) is 18.0 Å². The number of hydrogen-bond acceptors (Lipinski definition) is 6. The van der Waals surface area contributed by atoms with Crippen molar-refractivity contribution >= 4 is 22.7 Å². The van der Waals surface area contributed by atoms with E-state index in [1.165, 1.54) is 0 Å². The van der Waals surface area contributed by atoms with Crippen LogP contribution in [-0.2, 0) is 0 Å². The maximum absolute atomic E-state index is 12.7. The molecule has 0 aliphatic carbocycles. The first-order valence-electron chi connectivity index (χ1n) is 10.5. The van der Waals surface area contributed by atoms with Gasteiger partial charge in [0.1, 0.15) is 5.75 Å². The summed E-state index contributed by atoms with van der Waals surface area (Å²) in [5.74, 6) is 0.313. The lowest BCUT2D eigenvalue weighted by molar-refractivity contribution is 0.0638. The Morgan fingerprint density at radius 1 is 1.06 bits per heavy atom. The van der Waals surface area contributed by atoms with Gasteiger partial charge in [-0.3, -0.25) is 19.3 Å². The normalized spacial score (nSPS) is 14.3. The number of benzene rings is 2. The van der Waals surface area contributed by atoms with Gasteiger partial charge < -0.3 is 19.9 Å². The van der Waals surface area contributed by atoms with Crippen LogP contribution in [0.1, 0.15) is 21.0 Å². The van der Waals surface area contributed by atoms with Gasteiger partial charge in [-0.1, -0.05) is 12.1 Å². The molecule has 1 aromatic heterocycles. The quantitative estimate of drug-likeness (QED) is 0.601. The predicted octanol–water partition coefficient (Wildman–Crippen LogP) is 1.12. The highest BCUT2D eigenvalue weighted by atomic mass is 16.5. The molecular weight excluding hydrogens is 410 g/mol. The molecule has 166 valence electrons. The minimum Gasteiger partial charge on any atom is -0.497 e. The third kappa shape index (κ3) is 4.78. The summed E-state index contributed by atoms with van der Waals surface area (Å²) in [5.41, 5.74) is 0.792. The average molecular weight is 435 g/mol. The SMILES string of the molecule is COc1ccc(C(=O)N2CCN(CCNC(=O)c3nc4ccccc4c(=O)[nH]3)CC2)cc1. The van der Waals surface area contributed by atoms with Crippen LogP contribution in [0.2, 0.25) is 0 Å². The Bertz CT molecular complexity index is 1170. The van der Waals surface area contributed by atoms with Crippen LogP contribution in [-0.4, -0.2) is 78.0 Å². The van der Waals surface area contributed by atoms with E-state index in [4.69, 9.17) is 4.74 Å². The summed E-state index contributed by atoms with van der Waals surface area (Å²) in [6.07, 6.45) is 0. The lowest BCUT2D eigenvalue weighted by atomic mass is 10.1.